The molecule has 20 heavy (non-hydrogen) atoms. The summed E-state index contributed by atoms with van der Waals surface area (Å²) < 4.78 is 5.04. The first-order chi connectivity index (χ1) is 9.67. The molecule has 0 amide bonds. The van der Waals surface area contributed by atoms with Crippen LogP contribution in [0.3, 0.4) is 0 Å². The lowest BCUT2D eigenvalue weighted by molar-refractivity contribution is 0.556. The molecule has 0 aliphatic heterocycles. The highest BCUT2D eigenvalue weighted by atomic mass is 32.1. The van der Waals surface area contributed by atoms with E-state index in [1.165, 1.54) is 4.88 Å². The number of nitrogens with one attached hydrogen (secondary N) is 1. The number of aromatic amines is 1. The highest BCUT2D eigenvalue weighted by molar-refractivity contribution is 7.71. The van der Waals surface area contributed by atoms with Crippen molar-refractivity contribution in [2.75, 3.05) is 0 Å². The van der Waals surface area contributed by atoms with Gasteiger partial charge in [-0.1, -0.05) is 13.0 Å². The first-order valence-electron chi connectivity index (χ1n) is 6.88. The minimum Gasteiger partial charge on any atom is -0.328 e. The van der Waals surface area contributed by atoms with Crippen molar-refractivity contribution in [3.63, 3.8) is 0 Å². The lowest BCUT2D eigenvalue weighted by Gasteiger charge is -2.16. The predicted octanol–water partition coefficient (Wildman–Crippen LogP) is 4.28. The van der Waals surface area contributed by atoms with Gasteiger partial charge in [-0.05, 0) is 43.9 Å². The summed E-state index contributed by atoms with van der Waals surface area (Å²) in [5.41, 5.74) is 3.18. The van der Waals surface area contributed by atoms with Crippen LogP contribution < -0.4 is 0 Å². The lowest BCUT2D eigenvalue weighted by atomic mass is 10.2. The quantitative estimate of drug-likeness (QED) is 0.730. The van der Waals surface area contributed by atoms with Crippen LogP contribution in [0.5, 0.6) is 0 Å². The predicted molar refractivity (Wildman–Crippen MR) is 86.1 cm³/mol. The Morgan fingerprint density at radius 2 is 2.25 bits per heavy atom. The number of hydrogen-bond donors (Lipinski definition) is 1. The number of rotatable bonds is 4. The molecular weight excluding hydrogens is 288 g/mol. The van der Waals surface area contributed by atoms with Crippen LogP contribution in [0.4, 0.5) is 0 Å². The van der Waals surface area contributed by atoms with Crippen molar-refractivity contribution in [2.24, 2.45) is 0 Å². The summed E-state index contributed by atoms with van der Waals surface area (Å²) in [6.45, 7) is 7.18. The molecule has 4 nitrogen and oxygen atoms in total. The van der Waals surface area contributed by atoms with Gasteiger partial charge in [0.15, 0.2) is 10.4 Å². The molecule has 0 aromatic carbocycles. The second-order valence-corrected chi connectivity index (χ2v) is 6.21. The number of imidazole rings is 1. The van der Waals surface area contributed by atoms with Crippen LogP contribution in [-0.2, 0) is 6.54 Å². The summed E-state index contributed by atoms with van der Waals surface area (Å²) in [5.74, 6) is 0. The van der Waals surface area contributed by atoms with Gasteiger partial charge in [-0.15, -0.1) is 11.3 Å². The van der Waals surface area contributed by atoms with Crippen LogP contribution in [0.15, 0.2) is 17.5 Å². The Morgan fingerprint density at radius 3 is 2.85 bits per heavy atom. The molecule has 0 spiro atoms. The van der Waals surface area contributed by atoms with E-state index in [0.29, 0.717) is 0 Å². The largest absolute Gasteiger partial charge is 0.328 e. The third-order valence-electron chi connectivity index (χ3n) is 3.65. The molecule has 3 rings (SSSR count). The third kappa shape index (κ3) is 1.94. The van der Waals surface area contributed by atoms with Crippen molar-refractivity contribution < 1.29 is 0 Å². The van der Waals surface area contributed by atoms with Crippen molar-refractivity contribution in [1.82, 2.24) is 19.3 Å². The molecule has 106 valence electrons. The Bertz CT molecular complexity index is 776. The third-order valence-corrected chi connectivity index (χ3v) is 4.92. The standard InChI is InChI=1S/C14H18N4S2/c1-4-10(11-7-6-8-20-11)18-13-12(15-14(18)19)9(3)16-17(13)5-2/h6-8,10H,4-5H2,1-3H3,(H,15,19). The average Bonchev–Trinajstić information content (AvgIpc) is 3.12. The molecule has 0 saturated carbocycles. The van der Waals surface area contributed by atoms with E-state index >= 15 is 0 Å². The van der Waals surface area contributed by atoms with E-state index in [0.717, 1.165) is 34.6 Å². The molecule has 1 N–H and O–H groups in total. The van der Waals surface area contributed by atoms with Crippen molar-refractivity contribution in [1.29, 1.82) is 0 Å². The van der Waals surface area contributed by atoms with Gasteiger partial charge in [0.05, 0.1) is 11.7 Å². The van der Waals surface area contributed by atoms with Gasteiger partial charge in [0.25, 0.3) is 0 Å². The topological polar surface area (TPSA) is 38.5 Å². The first kappa shape index (κ1) is 13.6. The molecule has 0 fully saturated rings. The van der Waals surface area contributed by atoms with Gasteiger partial charge in [-0.3, -0.25) is 4.57 Å². The van der Waals surface area contributed by atoms with Gasteiger partial charge in [0, 0.05) is 11.4 Å². The molecule has 0 radical (unpaired) electrons. The number of hydrogen-bond acceptors (Lipinski definition) is 3. The average molecular weight is 306 g/mol. The van der Waals surface area contributed by atoms with E-state index in [-0.39, 0.29) is 6.04 Å². The van der Waals surface area contributed by atoms with Gasteiger partial charge in [0.1, 0.15) is 5.52 Å². The molecule has 0 aliphatic carbocycles. The smallest absolute Gasteiger partial charge is 0.179 e. The van der Waals surface area contributed by atoms with Gasteiger partial charge >= 0.3 is 0 Å². The number of thiophene rings is 1. The van der Waals surface area contributed by atoms with E-state index in [1.54, 1.807) is 11.3 Å². The molecule has 6 heteroatoms. The maximum Gasteiger partial charge on any atom is 0.179 e. The summed E-state index contributed by atoms with van der Waals surface area (Å²) >= 11 is 7.34. The molecule has 3 aromatic rings. The molecule has 3 aromatic heterocycles. The van der Waals surface area contributed by atoms with Crippen molar-refractivity contribution in [3.05, 3.63) is 32.9 Å². The van der Waals surface area contributed by atoms with E-state index in [9.17, 15) is 0 Å². The van der Waals surface area contributed by atoms with E-state index in [1.807, 2.05) is 11.6 Å². The molecule has 0 aliphatic rings. The van der Waals surface area contributed by atoms with Crippen LogP contribution in [0.1, 0.15) is 36.9 Å². The lowest BCUT2D eigenvalue weighted by Crippen LogP contribution is -2.12. The zero-order chi connectivity index (χ0) is 14.3. The minimum atomic E-state index is 0.276. The first-order valence-corrected chi connectivity index (χ1v) is 8.17. The van der Waals surface area contributed by atoms with E-state index < -0.39 is 0 Å². The summed E-state index contributed by atoms with van der Waals surface area (Å²) in [7, 11) is 0. The van der Waals surface area contributed by atoms with Crippen molar-refractivity contribution >= 4 is 34.7 Å². The van der Waals surface area contributed by atoms with E-state index in [2.05, 4.69) is 46.0 Å². The zero-order valence-corrected chi connectivity index (χ0v) is 13.5. The highest BCUT2D eigenvalue weighted by Gasteiger charge is 2.21. The molecule has 1 atom stereocenters. The Morgan fingerprint density at radius 1 is 1.45 bits per heavy atom. The Hall–Kier alpha value is -1.40. The number of aromatic nitrogens is 4. The summed E-state index contributed by atoms with van der Waals surface area (Å²) in [5, 5.41) is 6.71. The van der Waals surface area contributed by atoms with Gasteiger partial charge < -0.3 is 4.98 Å². The van der Waals surface area contributed by atoms with Gasteiger partial charge in [-0.2, -0.15) is 5.10 Å². The summed E-state index contributed by atoms with van der Waals surface area (Å²) in [6.07, 6.45) is 1.01. The van der Waals surface area contributed by atoms with Crippen LogP contribution >= 0.6 is 23.6 Å². The maximum atomic E-state index is 5.56. The number of aryl methyl sites for hydroxylation is 2. The molecule has 0 bridgehead atoms. The summed E-state index contributed by atoms with van der Waals surface area (Å²) in [4.78, 5) is 4.66. The highest BCUT2D eigenvalue weighted by Crippen LogP contribution is 2.30. The van der Waals surface area contributed by atoms with Crippen molar-refractivity contribution in [3.8, 4) is 0 Å². The Labute approximate surface area is 127 Å². The SMILES string of the molecule is CCC(c1cccs1)n1c(=S)[nH]c2c(C)nn(CC)c21. The van der Waals surface area contributed by atoms with Gasteiger partial charge in [0.2, 0.25) is 0 Å². The Kier molecular flexibility index (Phi) is 3.52. The fourth-order valence-corrected chi connectivity index (χ4v) is 3.94. The molecular formula is C14H18N4S2. The molecule has 3 heterocycles. The molecule has 1 unspecified atom stereocenters. The van der Waals surface area contributed by atoms with Crippen LogP contribution in [0.2, 0.25) is 0 Å². The number of H-pyrrole nitrogens is 1. The monoisotopic (exact) mass is 306 g/mol. The second-order valence-electron chi connectivity index (χ2n) is 4.84. The maximum absolute atomic E-state index is 5.56. The minimum absolute atomic E-state index is 0.276. The fraction of sp³-hybridized carbons (Fsp3) is 0.429. The van der Waals surface area contributed by atoms with Crippen LogP contribution in [0, 0.1) is 11.7 Å². The number of nitrogens with zero attached hydrogens (tertiary/aromatic N) is 3. The van der Waals surface area contributed by atoms with Crippen LogP contribution in [0.25, 0.3) is 11.2 Å². The fourth-order valence-electron chi connectivity index (χ4n) is 2.73. The normalized spacial score (nSPS) is 13.2. The van der Waals surface area contributed by atoms with Gasteiger partial charge in [-0.25, -0.2) is 4.68 Å². The zero-order valence-electron chi connectivity index (χ0n) is 11.9. The Balaban J connectivity index is 2.29. The van der Waals surface area contributed by atoms with E-state index in [4.69, 9.17) is 12.2 Å². The number of fused-ring (bicyclic) bond motifs is 1. The second kappa shape index (κ2) is 5.18. The summed E-state index contributed by atoms with van der Waals surface area (Å²) in [6, 6.07) is 4.55. The van der Waals surface area contributed by atoms with Crippen LogP contribution in [-0.4, -0.2) is 19.3 Å². The van der Waals surface area contributed by atoms with Crippen molar-refractivity contribution in [2.45, 2.75) is 39.8 Å². The molecule has 0 saturated heterocycles.